The standard InChI is InChI=1S/C26H28N4O3/c31-25(29(22-9-5-2-6-10-22)18-20-7-3-1-4-8-20)19-30-24(21-11-12-21)17-23(27-30)26(32)28-13-15-33-16-14-28/h1-10,17,21H,11-16,18-19H2. The SMILES string of the molecule is O=C(c1cc(C2CC2)n(CC(=O)N(Cc2ccccc2)c2ccccc2)n1)N1CCOCC1. The lowest BCUT2D eigenvalue weighted by molar-refractivity contribution is -0.119. The fourth-order valence-corrected chi connectivity index (χ4v) is 4.21. The molecule has 5 rings (SSSR count). The zero-order valence-electron chi connectivity index (χ0n) is 18.6. The molecule has 1 saturated carbocycles. The molecule has 0 radical (unpaired) electrons. The molecule has 1 saturated heterocycles. The van der Waals surface area contributed by atoms with Crippen molar-refractivity contribution in [2.24, 2.45) is 0 Å². The Morgan fingerprint density at radius 2 is 1.64 bits per heavy atom. The molecule has 2 aliphatic rings. The van der Waals surface area contributed by atoms with Gasteiger partial charge in [-0.2, -0.15) is 5.10 Å². The highest BCUT2D eigenvalue weighted by Crippen LogP contribution is 2.40. The summed E-state index contributed by atoms with van der Waals surface area (Å²) in [5.41, 5.74) is 3.30. The molecule has 2 aromatic carbocycles. The van der Waals surface area contributed by atoms with Crippen molar-refractivity contribution in [3.05, 3.63) is 83.7 Å². The van der Waals surface area contributed by atoms with Crippen molar-refractivity contribution in [2.45, 2.75) is 31.8 Å². The summed E-state index contributed by atoms with van der Waals surface area (Å²) in [6.07, 6.45) is 2.13. The zero-order chi connectivity index (χ0) is 22.6. The molecule has 3 aromatic rings. The molecule has 0 atom stereocenters. The third-order valence-corrected chi connectivity index (χ3v) is 6.16. The molecular formula is C26H28N4O3. The van der Waals surface area contributed by atoms with Crippen LogP contribution in [0.15, 0.2) is 66.7 Å². The number of aromatic nitrogens is 2. The quantitative estimate of drug-likeness (QED) is 0.560. The number of morpholine rings is 1. The van der Waals surface area contributed by atoms with Crippen LogP contribution in [-0.4, -0.2) is 52.8 Å². The molecule has 2 amide bonds. The number of carbonyl (C=O) groups is 2. The fraction of sp³-hybridized carbons (Fsp3) is 0.346. The first kappa shape index (κ1) is 21.4. The summed E-state index contributed by atoms with van der Waals surface area (Å²) in [5, 5.41) is 4.61. The normalized spacial score (nSPS) is 15.9. The van der Waals surface area contributed by atoms with Gasteiger partial charge in [0.2, 0.25) is 5.91 Å². The maximum absolute atomic E-state index is 13.5. The van der Waals surface area contributed by atoms with Crippen LogP contribution in [0.25, 0.3) is 0 Å². The van der Waals surface area contributed by atoms with E-state index < -0.39 is 0 Å². The predicted octanol–water partition coefficient (Wildman–Crippen LogP) is 3.47. The highest BCUT2D eigenvalue weighted by atomic mass is 16.5. The van der Waals surface area contributed by atoms with E-state index in [4.69, 9.17) is 4.74 Å². The Morgan fingerprint density at radius 1 is 0.970 bits per heavy atom. The van der Waals surface area contributed by atoms with Crippen LogP contribution < -0.4 is 4.90 Å². The number of hydrogen-bond donors (Lipinski definition) is 0. The minimum atomic E-state index is -0.0874. The summed E-state index contributed by atoms with van der Waals surface area (Å²) in [4.78, 5) is 30.1. The van der Waals surface area contributed by atoms with Gasteiger partial charge in [-0.1, -0.05) is 48.5 Å². The van der Waals surface area contributed by atoms with Gasteiger partial charge in [-0.15, -0.1) is 0 Å². The average molecular weight is 445 g/mol. The number of amides is 2. The first-order valence-corrected chi connectivity index (χ1v) is 11.5. The number of nitrogens with zero attached hydrogens (tertiary/aromatic N) is 4. The third kappa shape index (κ3) is 4.98. The van der Waals surface area contributed by atoms with Crippen LogP contribution in [0.5, 0.6) is 0 Å². The molecule has 0 N–H and O–H groups in total. The van der Waals surface area contributed by atoms with Gasteiger partial charge in [0, 0.05) is 30.4 Å². The number of benzene rings is 2. The number of anilines is 1. The predicted molar refractivity (Wildman–Crippen MR) is 125 cm³/mol. The number of hydrogen-bond acceptors (Lipinski definition) is 4. The highest BCUT2D eigenvalue weighted by Gasteiger charge is 2.32. The maximum Gasteiger partial charge on any atom is 0.274 e. The lowest BCUT2D eigenvalue weighted by Crippen LogP contribution is -2.41. The Labute approximate surface area is 193 Å². The van der Waals surface area contributed by atoms with Gasteiger partial charge in [-0.05, 0) is 36.6 Å². The molecule has 7 nitrogen and oxygen atoms in total. The summed E-state index contributed by atoms with van der Waals surface area (Å²) < 4.78 is 7.11. The molecule has 2 fully saturated rings. The zero-order valence-corrected chi connectivity index (χ0v) is 18.6. The van der Waals surface area contributed by atoms with E-state index in [1.807, 2.05) is 66.7 Å². The third-order valence-electron chi connectivity index (χ3n) is 6.16. The van der Waals surface area contributed by atoms with E-state index >= 15 is 0 Å². The molecule has 0 bridgehead atoms. The number of rotatable bonds is 7. The molecule has 2 heterocycles. The van der Waals surface area contributed by atoms with Crippen LogP contribution in [0.3, 0.4) is 0 Å². The van der Waals surface area contributed by atoms with Crippen molar-refractivity contribution in [2.75, 3.05) is 31.2 Å². The second kappa shape index (κ2) is 9.58. The summed E-state index contributed by atoms with van der Waals surface area (Å²) in [5.74, 6) is 0.229. The van der Waals surface area contributed by atoms with Crippen LogP contribution in [0.4, 0.5) is 5.69 Å². The molecule has 1 aromatic heterocycles. The Bertz CT molecular complexity index is 1100. The summed E-state index contributed by atoms with van der Waals surface area (Å²) in [6.45, 7) is 2.82. The van der Waals surface area contributed by atoms with Gasteiger partial charge < -0.3 is 14.5 Å². The molecule has 170 valence electrons. The minimum Gasteiger partial charge on any atom is -0.378 e. The van der Waals surface area contributed by atoms with Crippen LogP contribution in [-0.2, 0) is 22.6 Å². The molecule has 1 aliphatic heterocycles. The summed E-state index contributed by atoms with van der Waals surface area (Å²) in [7, 11) is 0. The second-order valence-electron chi connectivity index (χ2n) is 8.59. The molecule has 0 unspecified atom stereocenters. The van der Waals surface area contributed by atoms with Crippen LogP contribution >= 0.6 is 0 Å². The lowest BCUT2D eigenvalue weighted by Gasteiger charge is -2.26. The number of para-hydroxylation sites is 1. The Balaban J connectivity index is 1.39. The van der Waals surface area contributed by atoms with Gasteiger partial charge in [0.15, 0.2) is 5.69 Å². The van der Waals surface area contributed by atoms with Gasteiger partial charge >= 0.3 is 0 Å². The number of carbonyl (C=O) groups excluding carboxylic acids is 2. The maximum atomic E-state index is 13.5. The molecule has 33 heavy (non-hydrogen) atoms. The smallest absolute Gasteiger partial charge is 0.274 e. The van der Waals surface area contributed by atoms with Gasteiger partial charge in [0.1, 0.15) is 6.54 Å². The van der Waals surface area contributed by atoms with Crippen molar-refractivity contribution in [1.82, 2.24) is 14.7 Å². The number of ether oxygens (including phenoxy) is 1. The summed E-state index contributed by atoms with van der Waals surface area (Å²) in [6, 6.07) is 21.5. The van der Waals surface area contributed by atoms with Crippen LogP contribution in [0.1, 0.15) is 40.5 Å². The van der Waals surface area contributed by atoms with Crippen molar-refractivity contribution in [3.8, 4) is 0 Å². The van der Waals surface area contributed by atoms with Gasteiger partial charge in [0.25, 0.3) is 5.91 Å². The van der Waals surface area contributed by atoms with Crippen LogP contribution in [0.2, 0.25) is 0 Å². The first-order valence-electron chi connectivity index (χ1n) is 11.5. The Hall–Kier alpha value is -3.45. The van der Waals surface area contributed by atoms with Crippen LogP contribution in [0, 0.1) is 0 Å². The van der Waals surface area contributed by atoms with E-state index in [0.717, 1.165) is 29.8 Å². The van der Waals surface area contributed by atoms with Gasteiger partial charge in [0.05, 0.1) is 19.8 Å². The first-order chi connectivity index (χ1) is 16.2. The largest absolute Gasteiger partial charge is 0.378 e. The molecule has 1 aliphatic carbocycles. The van der Waals surface area contributed by atoms with Crippen molar-refractivity contribution in [3.63, 3.8) is 0 Å². The second-order valence-corrected chi connectivity index (χ2v) is 8.59. The Morgan fingerprint density at radius 3 is 2.30 bits per heavy atom. The summed E-state index contributed by atoms with van der Waals surface area (Å²) >= 11 is 0. The molecule has 7 heteroatoms. The van der Waals surface area contributed by atoms with Gasteiger partial charge in [-0.3, -0.25) is 14.3 Å². The topological polar surface area (TPSA) is 67.7 Å². The fourth-order valence-electron chi connectivity index (χ4n) is 4.21. The minimum absolute atomic E-state index is 0.0552. The lowest BCUT2D eigenvalue weighted by atomic mass is 10.2. The highest BCUT2D eigenvalue weighted by molar-refractivity contribution is 5.94. The van der Waals surface area contributed by atoms with E-state index in [1.54, 1.807) is 14.5 Å². The molecule has 0 spiro atoms. The van der Waals surface area contributed by atoms with Crippen molar-refractivity contribution >= 4 is 17.5 Å². The van der Waals surface area contributed by atoms with E-state index in [0.29, 0.717) is 44.5 Å². The van der Waals surface area contributed by atoms with E-state index in [-0.39, 0.29) is 18.4 Å². The van der Waals surface area contributed by atoms with Crippen molar-refractivity contribution in [1.29, 1.82) is 0 Å². The average Bonchev–Trinajstić information content (AvgIpc) is 3.63. The monoisotopic (exact) mass is 444 g/mol. The van der Waals surface area contributed by atoms with Crippen molar-refractivity contribution < 1.29 is 14.3 Å². The van der Waals surface area contributed by atoms with E-state index in [1.165, 1.54) is 0 Å². The van der Waals surface area contributed by atoms with Gasteiger partial charge in [-0.25, -0.2) is 0 Å². The molecular weight excluding hydrogens is 416 g/mol. The van der Waals surface area contributed by atoms with E-state index in [2.05, 4.69) is 5.10 Å². The van der Waals surface area contributed by atoms with E-state index in [9.17, 15) is 9.59 Å². The Kier molecular flexibility index (Phi) is 6.21.